The van der Waals surface area contributed by atoms with E-state index in [0.29, 0.717) is 28.1 Å². The van der Waals surface area contributed by atoms with E-state index in [9.17, 15) is 9.18 Å². The molecule has 4 rings (SSSR count). The fourth-order valence-electron chi connectivity index (χ4n) is 3.15. The van der Waals surface area contributed by atoms with Crippen LogP contribution in [0.5, 0.6) is 0 Å². The Balaban J connectivity index is 1.51. The number of nitrogens with one attached hydrogen (secondary N) is 1. The number of carbonyl (C=O) groups excluding carboxylic acids is 1. The van der Waals surface area contributed by atoms with Crippen molar-refractivity contribution in [3.8, 4) is 17.5 Å². The number of thioether (sulfide) groups is 1. The Labute approximate surface area is 180 Å². The molecule has 30 heavy (non-hydrogen) atoms. The maximum atomic E-state index is 13.3. The molecule has 1 saturated heterocycles. The van der Waals surface area contributed by atoms with Crippen LogP contribution in [0.25, 0.3) is 11.4 Å². The van der Waals surface area contributed by atoms with Gasteiger partial charge in [-0.3, -0.25) is 9.36 Å². The minimum Gasteiger partial charge on any atom is -0.376 e. The summed E-state index contributed by atoms with van der Waals surface area (Å²) in [5.74, 6) is 0.184. The Morgan fingerprint density at radius 3 is 2.93 bits per heavy atom. The molecule has 1 aliphatic rings. The number of rotatable bonds is 7. The van der Waals surface area contributed by atoms with Crippen molar-refractivity contribution in [2.75, 3.05) is 17.7 Å². The van der Waals surface area contributed by atoms with E-state index >= 15 is 0 Å². The summed E-state index contributed by atoms with van der Waals surface area (Å²) in [6.07, 6.45) is 2.00. The molecule has 2 aromatic heterocycles. The number of amides is 1. The Kier molecular flexibility index (Phi) is 6.42. The topological polar surface area (TPSA) is 92.8 Å². The maximum absolute atomic E-state index is 13.3. The van der Waals surface area contributed by atoms with Gasteiger partial charge in [0.2, 0.25) is 5.91 Å². The molecule has 10 heteroatoms. The van der Waals surface area contributed by atoms with Gasteiger partial charge in [-0.15, -0.1) is 21.5 Å². The second kappa shape index (κ2) is 9.38. The summed E-state index contributed by atoms with van der Waals surface area (Å²) >= 11 is 2.57. The summed E-state index contributed by atoms with van der Waals surface area (Å²) in [4.78, 5) is 12.4. The van der Waals surface area contributed by atoms with Crippen LogP contribution in [0.1, 0.15) is 18.4 Å². The van der Waals surface area contributed by atoms with Crippen molar-refractivity contribution in [3.63, 3.8) is 0 Å². The van der Waals surface area contributed by atoms with Gasteiger partial charge in [-0.25, -0.2) is 4.39 Å². The molecule has 1 aromatic carbocycles. The molecule has 0 aliphatic carbocycles. The number of carbonyl (C=O) groups is 1. The average Bonchev–Trinajstić information content (AvgIpc) is 3.49. The van der Waals surface area contributed by atoms with E-state index in [2.05, 4.69) is 21.6 Å². The lowest BCUT2D eigenvalue weighted by molar-refractivity contribution is -0.113. The summed E-state index contributed by atoms with van der Waals surface area (Å²) in [5.41, 5.74) is 1.19. The molecular weight excluding hydrogens is 425 g/mol. The van der Waals surface area contributed by atoms with Gasteiger partial charge in [-0.1, -0.05) is 11.8 Å². The molecule has 0 unspecified atom stereocenters. The number of anilines is 1. The molecule has 1 aliphatic heterocycles. The van der Waals surface area contributed by atoms with E-state index in [-0.39, 0.29) is 23.6 Å². The fourth-order valence-corrected chi connectivity index (χ4v) is 4.65. The summed E-state index contributed by atoms with van der Waals surface area (Å²) in [5, 5.41) is 23.3. The number of hydrogen-bond acceptors (Lipinski definition) is 7. The van der Waals surface area contributed by atoms with Crippen LogP contribution in [0.15, 0.2) is 40.9 Å². The van der Waals surface area contributed by atoms with Gasteiger partial charge in [0.25, 0.3) is 0 Å². The Hall–Kier alpha value is -2.74. The molecule has 0 bridgehead atoms. The molecule has 154 valence electrons. The van der Waals surface area contributed by atoms with E-state index < -0.39 is 0 Å². The Morgan fingerprint density at radius 1 is 1.37 bits per heavy atom. The zero-order valence-electron chi connectivity index (χ0n) is 15.9. The minimum absolute atomic E-state index is 0.0534. The third kappa shape index (κ3) is 4.70. The monoisotopic (exact) mass is 443 g/mol. The quantitative estimate of drug-likeness (QED) is 0.556. The minimum atomic E-state index is -0.319. The first kappa shape index (κ1) is 20.5. The van der Waals surface area contributed by atoms with Gasteiger partial charge in [-0.05, 0) is 48.6 Å². The standard InChI is InChI=1S/C20H18FN5O2S2/c21-15-5-3-13(4-6-15)18-24-25-20(26(18)11-16-2-1-8-28-16)30-12-17(27)23-19-14(10-22)7-9-29-19/h3-7,9,16H,1-2,8,11-12H2,(H,23,27)/t16-/m1/s1. The Bertz CT molecular complexity index is 1070. The number of benzene rings is 1. The third-order valence-electron chi connectivity index (χ3n) is 4.60. The number of nitrogens with zero attached hydrogens (tertiary/aromatic N) is 4. The number of halogens is 1. The first-order chi connectivity index (χ1) is 14.6. The van der Waals surface area contributed by atoms with Crippen LogP contribution in [0, 0.1) is 17.1 Å². The highest BCUT2D eigenvalue weighted by Crippen LogP contribution is 2.27. The first-order valence-electron chi connectivity index (χ1n) is 9.35. The summed E-state index contributed by atoms with van der Waals surface area (Å²) in [6, 6.07) is 9.80. The summed E-state index contributed by atoms with van der Waals surface area (Å²) in [6.45, 7) is 1.29. The van der Waals surface area contributed by atoms with Crippen molar-refractivity contribution in [2.45, 2.75) is 30.6 Å². The lowest BCUT2D eigenvalue weighted by atomic mass is 10.2. The number of aromatic nitrogens is 3. The highest BCUT2D eigenvalue weighted by Gasteiger charge is 2.22. The number of nitriles is 1. The molecule has 1 amide bonds. The van der Waals surface area contributed by atoms with Crippen LogP contribution in [0.4, 0.5) is 9.39 Å². The van der Waals surface area contributed by atoms with Gasteiger partial charge >= 0.3 is 0 Å². The summed E-state index contributed by atoms with van der Waals surface area (Å²) in [7, 11) is 0. The molecule has 1 N–H and O–H groups in total. The summed E-state index contributed by atoms with van der Waals surface area (Å²) < 4.78 is 21.0. The van der Waals surface area contributed by atoms with E-state index in [4.69, 9.17) is 10.00 Å². The smallest absolute Gasteiger partial charge is 0.235 e. The van der Waals surface area contributed by atoms with Gasteiger partial charge in [-0.2, -0.15) is 5.26 Å². The van der Waals surface area contributed by atoms with Gasteiger partial charge in [0, 0.05) is 12.2 Å². The highest BCUT2D eigenvalue weighted by molar-refractivity contribution is 7.99. The van der Waals surface area contributed by atoms with E-state index in [1.54, 1.807) is 23.6 Å². The third-order valence-corrected chi connectivity index (χ3v) is 6.40. The molecule has 3 aromatic rings. The van der Waals surface area contributed by atoms with E-state index in [1.807, 2.05) is 4.57 Å². The number of hydrogen-bond donors (Lipinski definition) is 1. The predicted octanol–water partition coefficient (Wildman–Crippen LogP) is 3.93. The van der Waals surface area contributed by atoms with Gasteiger partial charge in [0.05, 0.1) is 24.0 Å². The van der Waals surface area contributed by atoms with Crippen LogP contribution >= 0.6 is 23.1 Å². The lowest BCUT2D eigenvalue weighted by Crippen LogP contribution is -2.18. The molecule has 7 nitrogen and oxygen atoms in total. The van der Waals surface area contributed by atoms with Gasteiger partial charge in [0.15, 0.2) is 11.0 Å². The predicted molar refractivity (Wildman–Crippen MR) is 113 cm³/mol. The SMILES string of the molecule is N#Cc1ccsc1NC(=O)CSc1nnc(-c2ccc(F)cc2)n1C[C@H]1CCCO1. The van der Waals surface area contributed by atoms with Crippen LogP contribution in [0.2, 0.25) is 0 Å². The largest absolute Gasteiger partial charge is 0.376 e. The van der Waals surface area contributed by atoms with Crippen LogP contribution in [0.3, 0.4) is 0 Å². The maximum Gasteiger partial charge on any atom is 0.235 e. The number of thiophene rings is 1. The van der Waals surface area contributed by atoms with Crippen LogP contribution < -0.4 is 5.32 Å². The van der Waals surface area contributed by atoms with Crippen molar-refractivity contribution in [3.05, 3.63) is 47.1 Å². The van der Waals surface area contributed by atoms with Crippen molar-refractivity contribution in [2.24, 2.45) is 0 Å². The number of ether oxygens (including phenoxy) is 1. The molecule has 0 saturated carbocycles. The second-order valence-electron chi connectivity index (χ2n) is 6.67. The van der Waals surface area contributed by atoms with Crippen LogP contribution in [-0.4, -0.2) is 39.1 Å². The average molecular weight is 444 g/mol. The molecule has 1 atom stereocenters. The molecule has 0 radical (unpaired) electrons. The van der Waals surface area contributed by atoms with E-state index in [0.717, 1.165) is 25.0 Å². The van der Waals surface area contributed by atoms with E-state index in [1.165, 1.54) is 35.2 Å². The molecular formula is C20H18FN5O2S2. The molecule has 0 spiro atoms. The van der Waals surface area contributed by atoms with Crippen molar-refractivity contribution < 1.29 is 13.9 Å². The van der Waals surface area contributed by atoms with Crippen molar-refractivity contribution in [1.82, 2.24) is 14.8 Å². The van der Waals surface area contributed by atoms with Crippen molar-refractivity contribution >= 4 is 34.0 Å². The normalized spacial score (nSPS) is 15.8. The zero-order chi connectivity index (χ0) is 20.9. The first-order valence-corrected chi connectivity index (χ1v) is 11.2. The van der Waals surface area contributed by atoms with Gasteiger partial charge < -0.3 is 10.1 Å². The van der Waals surface area contributed by atoms with Gasteiger partial charge in [0.1, 0.15) is 16.9 Å². The zero-order valence-corrected chi connectivity index (χ0v) is 17.5. The lowest BCUT2D eigenvalue weighted by Gasteiger charge is -2.14. The fraction of sp³-hybridized carbons (Fsp3) is 0.300. The highest BCUT2D eigenvalue weighted by atomic mass is 32.2. The second-order valence-corrected chi connectivity index (χ2v) is 8.53. The van der Waals surface area contributed by atoms with Crippen molar-refractivity contribution in [1.29, 1.82) is 5.26 Å². The molecule has 3 heterocycles. The molecule has 1 fully saturated rings. The van der Waals surface area contributed by atoms with Crippen LogP contribution in [-0.2, 0) is 16.1 Å². The Morgan fingerprint density at radius 2 is 2.20 bits per heavy atom.